The largest absolute Gasteiger partial charge is 0.379 e. The number of hydrogen-bond donors (Lipinski definition) is 0. The molecule has 0 aromatic heterocycles. The van der Waals surface area contributed by atoms with E-state index in [-0.39, 0.29) is 10.3 Å². The quantitative estimate of drug-likeness (QED) is 0.516. The number of piperidine rings is 1. The zero-order chi connectivity index (χ0) is 25.2. The number of rotatable bonds is 6. The molecule has 2 fully saturated rings. The molecular formula is C27H38ClN3O3S. The number of likely N-dealkylation sites (tertiary alicyclic amines) is 1. The van der Waals surface area contributed by atoms with E-state index in [1.165, 1.54) is 11.6 Å². The van der Waals surface area contributed by atoms with Crippen LogP contribution in [0.15, 0.2) is 64.7 Å². The molecule has 0 spiro atoms. The van der Waals surface area contributed by atoms with Crippen molar-refractivity contribution < 1.29 is 13.2 Å². The first kappa shape index (κ1) is 26.4. The molecule has 0 amide bonds. The number of morpholine rings is 1. The van der Waals surface area contributed by atoms with Crippen molar-refractivity contribution in [1.82, 2.24) is 14.1 Å². The Hall–Kier alpha value is -1.64. The maximum atomic E-state index is 13.5. The lowest BCUT2D eigenvalue weighted by Crippen LogP contribution is -2.48. The van der Waals surface area contributed by atoms with Crippen LogP contribution in [0.4, 0.5) is 0 Å². The Morgan fingerprint density at radius 2 is 1.86 bits per heavy atom. The zero-order valence-corrected chi connectivity index (χ0v) is 22.7. The van der Waals surface area contributed by atoms with Crippen LogP contribution >= 0.6 is 11.6 Å². The lowest BCUT2D eigenvalue weighted by atomic mass is 9.79. The molecule has 3 aliphatic heterocycles. The summed E-state index contributed by atoms with van der Waals surface area (Å²) in [7, 11) is -3.67. The summed E-state index contributed by atoms with van der Waals surface area (Å²) in [5.74, 6) is 0. The minimum atomic E-state index is -3.67. The van der Waals surface area contributed by atoms with Crippen LogP contribution in [0.2, 0.25) is 5.02 Å². The Kier molecular flexibility index (Phi) is 8.13. The van der Waals surface area contributed by atoms with Gasteiger partial charge in [0.25, 0.3) is 0 Å². The molecule has 0 bridgehead atoms. The van der Waals surface area contributed by atoms with Crippen LogP contribution in [-0.4, -0.2) is 81.0 Å². The van der Waals surface area contributed by atoms with Crippen molar-refractivity contribution in [2.45, 2.75) is 44.6 Å². The van der Waals surface area contributed by atoms with Gasteiger partial charge >= 0.3 is 0 Å². The predicted octanol–water partition coefficient (Wildman–Crippen LogP) is 4.55. The minimum absolute atomic E-state index is 0.234. The summed E-state index contributed by atoms with van der Waals surface area (Å²) >= 11 is 6.10. The van der Waals surface area contributed by atoms with Crippen LogP contribution < -0.4 is 0 Å². The number of nitrogens with zero attached hydrogens (tertiary/aromatic N) is 3. The van der Waals surface area contributed by atoms with E-state index in [2.05, 4.69) is 43.2 Å². The van der Waals surface area contributed by atoms with E-state index in [4.69, 9.17) is 16.3 Å². The molecule has 0 radical (unpaired) electrons. The molecular weight excluding hydrogens is 482 g/mol. The van der Waals surface area contributed by atoms with Gasteiger partial charge in [-0.1, -0.05) is 43.7 Å². The Morgan fingerprint density at radius 1 is 1.17 bits per heavy atom. The molecule has 3 heterocycles. The molecule has 0 unspecified atom stereocenters. The van der Waals surface area contributed by atoms with Crippen LogP contribution in [-0.2, 0) is 14.8 Å². The lowest BCUT2D eigenvalue weighted by molar-refractivity contribution is 0.00367. The first-order valence-electron chi connectivity index (χ1n) is 12.5. The monoisotopic (exact) mass is 519 g/mol. The number of halogens is 1. The topological polar surface area (TPSA) is 53.1 Å². The van der Waals surface area contributed by atoms with E-state index in [1.807, 2.05) is 6.08 Å². The van der Waals surface area contributed by atoms with Gasteiger partial charge in [-0.15, -0.1) is 0 Å². The standard InChI is InChI=1S/C27H38ClN3O3S/c1-5-24(29-11-9-25(10-12-29)30-13-15-34-16-14-30)17-22-19-31(20-27(3,4)21(22)2)35(32,33)26-8-6-7-23(28)18-26/h5-8,17-18,25H,1,9-16,19-20H2,2-4H3/b24-17+. The highest BCUT2D eigenvalue weighted by Crippen LogP contribution is 2.38. The predicted molar refractivity (Wildman–Crippen MR) is 142 cm³/mol. The van der Waals surface area contributed by atoms with Crippen molar-refractivity contribution in [1.29, 1.82) is 0 Å². The fraction of sp³-hybridized carbons (Fsp3) is 0.556. The number of sulfonamides is 1. The zero-order valence-electron chi connectivity index (χ0n) is 21.2. The van der Waals surface area contributed by atoms with Gasteiger partial charge in [-0.2, -0.15) is 4.31 Å². The van der Waals surface area contributed by atoms with E-state index in [9.17, 15) is 8.42 Å². The molecule has 4 rings (SSSR count). The highest BCUT2D eigenvalue weighted by Gasteiger charge is 2.37. The first-order chi connectivity index (χ1) is 16.6. The minimum Gasteiger partial charge on any atom is -0.379 e. The second-order valence-electron chi connectivity index (χ2n) is 10.4. The number of ether oxygens (including phenoxy) is 1. The highest BCUT2D eigenvalue weighted by molar-refractivity contribution is 7.89. The van der Waals surface area contributed by atoms with Crippen LogP contribution in [0.3, 0.4) is 0 Å². The van der Waals surface area contributed by atoms with Gasteiger partial charge in [0.15, 0.2) is 0 Å². The van der Waals surface area contributed by atoms with Gasteiger partial charge in [-0.05, 0) is 61.1 Å². The van der Waals surface area contributed by atoms with Crippen LogP contribution in [0.1, 0.15) is 33.6 Å². The molecule has 6 nitrogen and oxygen atoms in total. The molecule has 8 heteroatoms. The number of hydrogen-bond acceptors (Lipinski definition) is 5. The maximum Gasteiger partial charge on any atom is 0.243 e. The average molecular weight is 520 g/mol. The average Bonchev–Trinajstić information content (AvgIpc) is 2.85. The molecule has 35 heavy (non-hydrogen) atoms. The summed E-state index contributed by atoms with van der Waals surface area (Å²) in [6.07, 6.45) is 6.29. The van der Waals surface area contributed by atoms with Crippen molar-refractivity contribution >= 4 is 21.6 Å². The van der Waals surface area contributed by atoms with Gasteiger partial charge in [0.05, 0.1) is 18.1 Å². The molecule has 3 aliphatic rings. The second kappa shape index (κ2) is 10.8. The van der Waals surface area contributed by atoms with E-state index < -0.39 is 10.0 Å². The SMILES string of the molecule is C=C/C(=C\C1=C(C)C(C)(C)CN(S(=O)(=O)c2cccc(Cl)c2)C1)N1CCC(N2CCOCC2)CC1. The Morgan fingerprint density at radius 3 is 2.49 bits per heavy atom. The van der Waals surface area contributed by atoms with Crippen molar-refractivity contribution in [2.24, 2.45) is 5.41 Å². The van der Waals surface area contributed by atoms with Crippen molar-refractivity contribution in [3.8, 4) is 0 Å². The van der Waals surface area contributed by atoms with Gasteiger partial charge in [0, 0.05) is 56.0 Å². The third kappa shape index (κ3) is 5.86. The first-order valence-corrected chi connectivity index (χ1v) is 14.3. The Bertz CT molecular complexity index is 1100. The number of benzene rings is 1. The molecule has 192 valence electrons. The molecule has 0 aliphatic carbocycles. The molecule has 0 N–H and O–H groups in total. The van der Waals surface area contributed by atoms with E-state index >= 15 is 0 Å². The van der Waals surface area contributed by atoms with Gasteiger partial charge in [-0.3, -0.25) is 4.90 Å². The van der Waals surface area contributed by atoms with E-state index in [1.54, 1.807) is 22.5 Å². The molecule has 2 saturated heterocycles. The second-order valence-corrected chi connectivity index (χ2v) is 12.8. The van der Waals surface area contributed by atoms with E-state index in [0.29, 0.717) is 24.2 Å². The summed E-state index contributed by atoms with van der Waals surface area (Å²) in [5.41, 5.74) is 3.04. The molecule has 0 atom stereocenters. The number of allylic oxidation sites excluding steroid dienone is 1. The fourth-order valence-corrected chi connectivity index (χ4v) is 7.23. The summed E-state index contributed by atoms with van der Waals surface area (Å²) in [6.45, 7) is 16.8. The van der Waals surface area contributed by atoms with E-state index in [0.717, 1.165) is 63.5 Å². The molecule has 1 aromatic carbocycles. The van der Waals surface area contributed by atoms with Gasteiger partial charge in [-0.25, -0.2) is 8.42 Å². The van der Waals surface area contributed by atoms with Gasteiger partial charge < -0.3 is 9.64 Å². The lowest BCUT2D eigenvalue weighted by Gasteiger charge is -2.42. The van der Waals surface area contributed by atoms with Crippen LogP contribution in [0.5, 0.6) is 0 Å². The smallest absolute Gasteiger partial charge is 0.243 e. The third-order valence-electron chi connectivity index (χ3n) is 7.77. The van der Waals surface area contributed by atoms with Crippen molar-refractivity contribution in [3.63, 3.8) is 0 Å². The summed E-state index contributed by atoms with van der Waals surface area (Å²) in [4.78, 5) is 5.19. The maximum absolute atomic E-state index is 13.5. The summed E-state index contributed by atoms with van der Waals surface area (Å²) in [5, 5.41) is 0.420. The summed E-state index contributed by atoms with van der Waals surface area (Å²) in [6, 6.07) is 7.12. The highest BCUT2D eigenvalue weighted by atomic mass is 35.5. The van der Waals surface area contributed by atoms with Gasteiger partial charge in [0.1, 0.15) is 0 Å². The summed E-state index contributed by atoms with van der Waals surface area (Å²) < 4.78 is 34.1. The van der Waals surface area contributed by atoms with Crippen LogP contribution in [0, 0.1) is 5.41 Å². The molecule has 0 saturated carbocycles. The van der Waals surface area contributed by atoms with Crippen molar-refractivity contribution in [2.75, 3.05) is 52.5 Å². The Balaban J connectivity index is 1.54. The van der Waals surface area contributed by atoms with Crippen molar-refractivity contribution in [3.05, 3.63) is 64.9 Å². The Labute approximate surface area is 215 Å². The third-order valence-corrected chi connectivity index (χ3v) is 9.79. The molecule has 1 aromatic rings. The normalized spacial score (nSPS) is 23.5. The fourth-order valence-electron chi connectivity index (χ4n) is 5.35. The van der Waals surface area contributed by atoms with Crippen LogP contribution in [0.25, 0.3) is 0 Å². The van der Waals surface area contributed by atoms with Gasteiger partial charge in [0.2, 0.25) is 10.0 Å².